The van der Waals surface area contributed by atoms with Crippen molar-refractivity contribution in [3.8, 4) is 0 Å². The summed E-state index contributed by atoms with van der Waals surface area (Å²) < 4.78 is 0. The number of rotatable bonds is 6. The van der Waals surface area contributed by atoms with Crippen LogP contribution in [0.1, 0.15) is 25.0 Å². The van der Waals surface area contributed by atoms with Gasteiger partial charge in [0.05, 0.1) is 0 Å². The molecule has 0 radical (unpaired) electrons. The van der Waals surface area contributed by atoms with E-state index < -0.39 is 0 Å². The van der Waals surface area contributed by atoms with Crippen molar-refractivity contribution in [3.63, 3.8) is 0 Å². The van der Waals surface area contributed by atoms with Gasteiger partial charge in [0.25, 0.3) is 0 Å². The Morgan fingerprint density at radius 3 is 2.27 bits per heavy atom. The second-order valence-corrected chi connectivity index (χ2v) is 4.37. The number of hydrogen-bond donors (Lipinski definition) is 2. The minimum atomic E-state index is 0.561. The van der Waals surface area contributed by atoms with Gasteiger partial charge in [-0.1, -0.05) is 38.1 Å². The highest BCUT2D eigenvalue weighted by atomic mass is 14.9. The highest BCUT2D eigenvalue weighted by Crippen LogP contribution is 2.09. The third kappa shape index (κ3) is 4.96. The lowest BCUT2D eigenvalue weighted by Crippen LogP contribution is -2.24. The summed E-state index contributed by atoms with van der Waals surface area (Å²) in [7, 11) is 0. The molecule has 0 amide bonds. The van der Waals surface area contributed by atoms with Crippen molar-refractivity contribution in [1.29, 1.82) is 0 Å². The number of hydrogen-bond acceptors (Lipinski definition) is 2. The van der Waals surface area contributed by atoms with E-state index in [1.165, 1.54) is 17.5 Å². The molecule has 0 aliphatic carbocycles. The summed E-state index contributed by atoms with van der Waals surface area (Å²) in [6.45, 7) is 6.02. The lowest BCUT2D eigenvalue weighted by Gasteiger charge is -2.06. The Hall–Kier alpha value is -0.860. The van der Waals surface area contributed by atoms with Gasteiger partial charge in [0, 0.05) is 13.2 Å². The molecule has 2 heteroatoms. The molecule has 0 aliphatic rings. The highest BCUT2D eigenvalue weighted by Gasteiger charge is 1.98. The molecule has 2 nitrogen and oxygen atoms in total. The first-order valence-electron chi connectivity index (χ1n) is 5.71. The van der Waals surface area contributed by atoms with Crippen molar-refractivity contribution < 1.29 is 0 Å². The second kappa shape index (κ2) is 6.59. The van der Waals surface area contributed by atoms with Crippen LogP contribution in [0.5, 0.6) is 0 Å². The Morgan fingerprint density at radius 2 is 1.73 bits per heavy atom. The van der Waals surface area contributed by atoms with Gasteiger partial charge in [0.2, 0.25) is 0 Å². The molecule has 0 unspecified atom stereocenters. The molecule has 1 aromatic carbocycles. The molecule has 3 N–H and O–H groups in total. The molecule has 0 heterocycles. The van der Waals surface area contributed by atoms with Gasteiger partial charge < -0.3 is 11.1 Å². The van der Waals surface area contributed by atoms with Crippen LogP contribution >= 0.6 is 0 Å². The molecule has 0 spiro atoms. The van der Waals surface area contributed by atoms with E-state index in [9.17, 15) is 0 Å². The molecular formula is C13H22N2. The van der Waals surface area contributed by atoms with E-state index in [2.05, 4.69) is 43.4 Å². The monoisotopic (exact) mass is 206 g/mol. The molecule has 0 atom stereocenters. The van der Waals surface area contributed by atoms with Gasteiger partial charge in [0.15, 0.2) is 0 Å². The fourth-order valence-electron chi connectivity index (χ4n) is 1.65. The molecule has 0 aliphatic heterocycles. The third-order valence-corrected chi connectivity index (χ3v) is 2.40. The van der Waals surface area contributed by atoms with Crippen LogP contribution in [0.3, 0.4) is 0 Å². The van der Waals surface area contributed by atoms with Gasteiger partial charge in [0.1, 0.15) is 0 Å². The minimum absolute atomic E-state index is 0.561. The topological polar surface area (TPSA) is 38.0 Å². The Bertz CT molecular complexity index is 264. The maximum absolute atomic E-state index is 5.36. The molecule has 0 saturated carbocycles. The van der Waals surface area contributed by atoms with E-state index in [-0.39, 0.29) is 0 Å². The first-order chi connectivity index (χ1) is 7.22. The predicted molar refractivity (Wildman–Crippen MR) is 65.7 cm³/mol. The SMILES string of the molecule is CC(C)Cc1ccc(CCNCN)cc1. The molecule has 0 aromatic heterocycles. The van der Waals surface area contributed by atoms with Crippen LogP contribution in [0.4, 0.5) is 0 Å². The Balaban J connectivity index is 2.42. The van der Waals surface area contributed by atoms with E-state index in [1.54, 1.807) is 0 Å². The molecule has 0 saturated heterocycles. The molecule has 0 fully saturated rings. The summed E-state index contributed by atoms with van der Waals surface area (Å²) in [6, 6.07) is 8.90. The largest absolute Gasteiger partial charge is 0.318 e. The molecule has 1 rings (SSSR count). The van der Waals surface area contributed by atoms with Crippen molar-refractivity contribution in [2.24, 2.45) is 11.7 Å². The first kappa shape index (κ1) is 12.2. The maximum Gasteiger partial charge on any atom is 0.0428 e. The summed E-state index contributed by atoms with van der Waals surface area (Å²) >= 11 is 0. The lowest BCUT2D eigenvalue weighted by atomic mass is 10.0. The Kier molecular flexibility index (Phi) is 5.37. The van der Waals surface area contributed by atoms with Crippen molar-refractivity contribution in [2.75, 3.05) is 13.2 Å². The average molecular weight is 206 g/mol. The third-order valence-electron chi connectivity index (χ3n) is 2.40. The van der Waals surface area contributed by atoms with Gasteiger partial charge in [-0.2, -0.15) is 0 Å². The van der Waals surface area contributed by atoms with Crippen LogP contribution in [0.25, 0.3) is 0 Å². The molecule has 0 bridgehead atoms. The highest BCUT2D eigenvalue weighted by molar-refractivity contribution is 5.23. The van der Waals surface area contributed by atoms with Gasteiger partial charge >= 0.3 is 0 Å². The zero-order chi connectivity index (χ0) is 11.1. The Labute approximate surface area is 92.9 Å². The normalized spacial score (nSPS) is 10.9. The van der Waals surface area contributed by atoms with E-state index >= 15 is 0 Å². The summed E-state index contributed by atoms with van der Waals surface area (Å²) in [4.78, 5) is 0. The second-order valence-electron chi connectivity index (χ2n) is 4.37. The van der Waals surface area contributed by atoms with Crippen molar-refractivity contribution in [1.82, 2.24) is 5.32 Å². The van der Waals surface area contributed by atoms with E-state index in [0.717, 1.165) is 18.9 Å². The first-order valence-corrected chi connectivity index (χ1v) is 5.71. The number of nitrogens with one attached hydrogen (secondary N) is 1. The summed E-state index contributed by atoms with van der Waals surface area (Å²) in [5.41, 5.74) is 8.17. The maximum atomic E-state index is 5.36. The van der Waals surface area contributed by atoms with E-state index in [4.69, 9.17) is 5.73 Å². The quantitative estimate of drug-likeness (QED) is 0.551. The summed E-state index contributed by atoms with van der Waals surface area (Å²) in [6.07, 6.45) is 2.22. The number of benzene rings is 1. The smallest absolute Gasteiger partial charge is 0.0428 e. The summed E-state index contributed by atoms with van der Waals surface area (Å²) in [5.74, 6) is 0.731. The van der Waals surface area contributed by atoms with Crippen LogP contribution in [0.2, 0.25) is 0 Å². The van der Waals surface area contributed by atoms with Crippen molar-refractivity contribution >= 4 is 0 Å². The zero-order valence-corrected chi connectivity index (χ0v) is 9.79. The Morgan fingerprint density at radius 1 is 1.13 bits per heavy atom. The van der Waals surface area contributed by atoms with Gasteiger partial charge in [-0.15, -0.1) is 0 Å². The van der Waals surface area contributed by atoms with Crippen LogP contribution in [-0.4, -0.2) is 13.2 Å². The van der Waals surface area contributed by atoms with Crippen molar-refractivity contribution in [2.45, 2.75) is 26.7 Å². The lowest BCUT2D eigenvalue weighted by molar-refractivity contribution is 0.647. The molecule has 84 valence electrons. The molecule has 1 aromatic rings. The fraction of sp³-hybridized carbons (Fsp3) is 0.538. The standard InChI is InChI=1S/C13H22N2/c1-11(2)9-13-5-3-12(4-6-13)7-8-15-10-14/h3-6,11,15H,7-10,14H2,1-2H3. The van der Waals surface area contributed by atoms with Crippen LogP contribution < -0.4 is 11.1 Å². The minimum Gasteiger partial charge on any atom is -0.318 e. The van der Waals surface area contributed by atoms with Crippen LogP contribution in [0, 0.1) is 5.92 Å². The van der Waals surface area contributed by atoms with Crippen LogP contribution in [-0.2, 0) is 12.8 Å². The van der Waals surface area contributed by atoms with E-state index in [1.807, 2.05) is 0 Å². The molecular weight excluding hydrogens is 184 g/mol. The van der Waals surface area contributed by atoms with Crippen molar-refractivity contribution in [3.05, 3.63) is 35.4 Å². The van der Waals surface area contributed by atoms with Crippen LogP contribution in [0.15, 0.2) is 24.3 Å². The van der Waals surface area contributed by atoms with Gasteiger partial charge in [-0.3, -0.25) is 0 Å². The van der Waals surface area contributed by atoms with E-state index in [0.29, 0.717) is 6.67 Å². The average Bonchev–Trinajstić information content (AvgIpc) is 2.20. The van der Waals surface area contributed by atoms with Gasteiger partial charge in [-0.05, 0) is 29.9 Å². The fourth-order valence-corrected chi connectivity index (χ4v) is 1.65. The number of nitrogens with two attached hydrogens (primary N) is 1. The summed E-state index contributed by atoms with van der Waals surface area (Å²) in [5, 5.41) is 3.12. The molecule has 15 heavy (non-hydrogen) atoms. The van der Waals surface area contributed by atoms with Gasteiger partial charge in [-0.25, -0.2) is 0 Å². The predicted octanol–water partition coefficient (Wildman–Crippen LogP) is 1.93. The zero-order valence-electron chi connectivity index (χ0n) is 9.79.